The molecular weight excluding hydrogens is 242 g/mol. The van der Waals surface area contributed by atoms with E-state index in [0.29, 0.717) is 0 Å². The lowest BCUT2D eigenvalue weighted by atomic mass is 9.81. The molecule has 0 radical (unpaired) electrons. The molecule has 0 aromatic carbocycles. The summed E-state index contributed by atoms with van der Waals surface area (Å²) in [5.41, 5.74) is 0. The van der Waals surface area contributed by atoms with Gasteiger partial charge in [-0.15, -0.1) is 0 Å². The molecule has 0 aromatic rings. The van der Waals surface area contributed by atoms with E-state index in [-0.39, 0.29) is 0 Å². The van der Waals surface area contributed by atoms with Crippen molar-refractivity contribution in [2.24, 2.45) is 17.8 Å². The Labute approximate surface area is 128 Å². The van der Waals surface area contributed by atoms with Gasteiger partial charge in [0.1, 0.15) is 0 Å². The molecule has 0 amide bonds. The fourth-order valence-electron chi connectivity index (χ4n) is 4.09. The van der Waals surface area contributed by atoms with Crippen LogP contribution in [-0.4, -0.2) is 12.6 Å². The lowest BCUT2D eigenvalue weighted by Gasteiger charge is -2.28. The highest BCUT2D eigenvalue weighted by molar-refractivity contribution is 4.74. The maximum atomic E-state index is 3.81. The minimum Gasteiger partial charge on any atom is -0.314 e. The van der Waals surface area contributed by atoms with Gasteiger partial charge in [0.2, 0.25) is 0 Å². The molecule has 120 valence electrons. The van der Waals surface area contributed by atoms with Gasteiger partial charge in [-0.2, -0.15) is 0 Å². The maximum Gasteiger partial charge on any atom is 0.00670 e. The predicted molar refractivity (Wildman–Crippen MR) is 91.1 cm³/mol. The zero-order valence-corrected chi connectivity index (χ0v) is 14.6. The minimum absolute atomic E-state index is 0.789. The second kappa shape index (κ2) is 10.7. The first-order chi connectivity index (χ1) is 9.65. The highest BCUT2D eigenvalue weighted by Gasteiger charge is 2.19. The lowest BCUT2D eigenvalue weighted by Crippen LogP contribution is -2.31. The van der Waals surface area contributed by atoms with Crippen LogP contribution < -0.4 is 5.32 Å². The Morgan fingerprint density at radius 1 is 1.10 bits per heavy atom. The SMILES string of the molecule is CCCC(C)CC1CCC(CCC)NCCCC(C)C1. The van der Waals surface area contributed by atoms with Gasteiger partial charge in [0.05, 0.1) is 0 Å². The minimum atomic E-state index is 0.789. The van der Waals surface area contributed by atoms with Gasteiger partial charge in [0.15, 0.2) is 0 Å². The summed E-state index contributed by atoms with van der Waals surface area (Å²) in [4.78, 5) is 0. The van der Waals surface area contributed by atoms with E-state index in [2.05, 4.69) is 33.0 Å². The molecule has 4 atom stereocenters. The predicted octanol–water partition coefficient (Wildman–Crippen LogP) is 5.79. The molecule has 1 aliphatic heterocycles. The molecular formula is C19H39N. The van der Waals surface area contributed by atoms with Crippen LogP contribution in [0.3, 0.4) is 0 Å². The van der Waals surface area contributed by atoms with Gasteiger partial charge < -0.3 is 5.32 Å². The molecule has 1 heteroatoms. The van der Waals surface area contributed by atoms with Gasteiger partial charge in [0, 0.05) is 6.04 Å². The van der Waals surface area contributed by atoms with E-state index in [9.17, 15) is 0 Å². The Hall–Kier alpha value is -0.0400. The van der Waals surface area contributed by atoms with Crippen LogP contribution in [0.25, 0.3) is 0 Å². The first kappa shape index (κ1) is 18.0. The van der Waals surface area contributed by atoms with Crippen LogP contribution in [0.15, 0.2) is 0 Å². The monoisotopic (exact) mass is 281 g/mol. The van der Waals surface area contributed by atoms with Crippen molar-refractivity contribution in [1.29, 1.82) is 0 Å². The molecule has 1 heterocycles. The summed E-state index contributed by atoms with van der Waals surface area (Å²) < 4.78 is 0. The normalized spacial score (nSPS) is 30.9. The second-order valence-corrected chi connectivity index (χ2v) is 7.50. The highest BCUT2D eigenvalue weighted by atomic mass is 14.9. The van der Waals surface area contributed by atoms with E-state index in [4.69, 9.17) is 0 Å². The van der Waals surface area contributed by atoms with Gasteiger partial charge in [-0.1, -0.05) is 47.0 Å². The average Bonchev–Trinajstić information content (AvgIpc) is 2.40. The van der Waals surface area contributed by atoms with Crippen molar-refractivity contribution in [2.45, 2.75) is 97.9 Å². The quantitative estimate of drug-likeness (QED) is 0.650. The molecule has 0 saturated carbocycles. The summed E-state index contributed by atoms with van der Waals surface area (Å²) in [6.45, 7) is 10.8. The Bertz CT molecular complexity index is 224. The van der Waals surface area contributed by atoms with Gasteiger partial charge in [-0.05, 0) is 69.2 Å². The molecule has 1 saturated heterocycles. The summed E-state index contributed by atoms with van der Waals surface area (Å²) in [7, 11) is 0. The standard InChI is InChI=1S/C19H39N/c1-5-8-16(3)14-18-11-12-19(9-6-2)20-13-7-10-17(4)15-18/h16-20H,5-15H2,1-4H3. The van der Waals surface area contributed by atoms with E-state index in [1.807, 2.05) is 0 Å². The summed E-state index contributed by atoms with van der Waals surface area (Å²) in [5.74, 6) is 2.84. The fourth-order valence-corrected chi connectivity index (χ4v) is 4.09. The molecule has 0 spiro atoms. The Balaban J connectivity index is 2.49. The van der Waals surface area contributed by atoms with E-state index in [1.54, 1.807) is 0 Å². The van der Waals surface area contributed by atoms with E-state index >= 15 is 0 Å². The van der Waals surface area contributed by atoms with Crippen LogP contribution in [0.5, 0.6) is 0 Å². The van der Waals surface area contributed by atoms with Crippen LogP contribution in [0.1, 0.15) is 91.9 Å². The molecule has 0 aliphatic carbocycles. The van der Waals surface area contributed by atoms with Crippen LogP contribution in [0.2, 0.25) is 0 Å². The highest BCUT2D eigenvalue weighted by Crippen LogP contribution is 2.29. The van der Waals surface area contributed by atoms with Crippen molar-refractivity contribution in [3.63, 3.8) is 0 Å². The van der Waals surface area contributed by atoms with E-state index in [1.165, 1.54) is 70.8 Å². The molecule has 1 nitrogen and oxygen atoms in total. The van der Waals surface area contributed by atoms with Crippen LogP contribution in [-0.2, 0) is 0 Å². The lowest BCUT2D eigenvalue weighted by molar-refractivity contribution is 0.258. The van der Waals surface area contributed by atoms with E-state index in [0.717, 1.165) is 23.8 Å². The number of hydrogen-bond acceptors (Lipinski definition) is 1. The Kier molecular flexibility index (Phi) is 9.59. The van der Waals surface area contributed by atoms with Crippen molar-refractivity contribution < 1.29 is 0 Å². The van der Waals surface area contributed by atoms with E-state index < -0.39 is 0 Å². The summed E-state index contributed by atoms with van der Waals surface area (Å²) in [6, 6.07) is 0.789. The summed E-state index contributed by atoms with van der Waals surface area (Å²) in [5, 5.41) is 3.81. The van der Waals surface area contributed by atoms with Crippen LogP contribution in [0.4, 0.5) is 0 Å². The summed E-state index contributed by atoms with van der Waals surface area (Å²) >= 11 is 0. The average molecular weight is 282 g/mol. The smallest absolute Gasteiger partial charge is 0.00670 e. The molecule has 0 aromatic heterocycles. The number of rotatable bonds is 6. The van der Waals surface area contributed by atoms with Crippen molar-refractivity contribution in [1.82, 2.24) is 5.32 Å². The molecule has 1 fully saturated rings. The molecule has 1 N–H and O–H groups in total. The zero-order chi connectivity index (χ0) is 14.8. The Morgan fingerprint density at radius 2 is 1.90 bits per heavy atom. The Morgan fingerprint density at radius 3 is 2.60 bits per heavy atom. The third-order valence-corrected chi connectivity index (χ3v) is 5.12. The van der Waals surface area contributed by atoms with Crippen molar-refractivity contribution in [3.8, 4) is 0 Å². The fraction of sp³-hybridized carbons (Fsp3) is 1.00. The van der Waals surface area contributed by atoms with Gasteiger partial charge in [-0.25, -0.2) is 0 Å². The summed E-state index contributed by atoms with van der Waals surface area (Å²) in [6.07, 6.45) is 14.1. The zero-order valence-electron chi connectivity index (χ0n) is 14.6. The van der Waals surface area contributed by atoms with Gasteiger partial charge >= 0.3 is 0 Å². The second-order valence-electron chi connectivity index (χ2n) is 7.50. The molecule has 20 heavy (non-hydrogen) atoms. The number of nitrogens with one attached hydrogen (secondary N) is 1. The molecule has 0 bridgehead atoms. The third-order valence-electron chi connectivity index (χ3n) is 5.12. The van der Waals surface area contributed by atoms with Gasteiger partial charge in [0.25, 0.3) is 0 Å². The van der Waals surface area contributed by atoms with Gasteiger partial charge in [-0.3, -0.25) is 0 Å². The first-order valence-electron chi connectivity index (χ1n) is 9.39. The number of hydrogen-bond donors (Lipinski definition) is 1. The molecule has 1 aliphatic rings. The maximum absolute atomic E-state index is 3.81. The largest absolute Gasteiger partial charge is 0.314 e. The molecule has 1 rings (SSSR count). The van der Waals surface area contributed by atoms with Crippen molar-refractivity contribution in [3.05, 3.63) is 0 Å². The van der Waals surface area contributed by atoms with Crippen LogP contribution in [0, 0.1) is 17.8 Å². The topological polar surface area (TPSA) is 12.0 Å². The molecule has 4 unspecified atom stereocenters. The van der Waals surface area contributed by atoms with Crippen molar-refractivity contribution >= 4 is 0 Å². The third kappa shape index (κ3) is 7.67. The van der Waals surface area contributed by atoms with Crippen molar-refractivity contribution in [2.75, 3.05) is 6.54 Å². The first-order valence-corrected chi connectivity index (χ1v) is 9.39. The van der Waals surface area contributed by atoms with Crippen LogP contribution >= 0.6 is 0 Å².